The number of aryl methyl sites for hydroxylation is 1. The minimum absolute atomic E-state index is 0. The topological polar surface area (TPSA) is 38.9 Å². The minimum atomic E-state index is -4.45. The molecular formula is C8H9BrClF3N2. The Morgan fingerprint density at radius 3 is 2.40 bits per heavy atom. The van der Waals surface area contributed by atoms with Gasteiger partial charge in [-0.3, -0.25) is 4.98 Å². The molecule has 0 spiro atoms. The van der Waals surface area contributed by atoms with Gasteiger partial charge in [0.1, 0.15) is 6.04 Å². The molecule has 1 rings (SSSR count). The van der Waals surface area contributed by atoms with Crippen LogP contribution in [0.25, 0.3) is 0 Å². The predicted octanol–water partition coefficient (Wildman–Crippen LogP) is 3.14. The SMILES string of the molecule is Cc1cc([C@@H](N)C(F)(F)F)ncc1Br.Cl. The highest BCUT2D eigenvalue weighted by Gasteiger charge is 2.38. The van der Waals surface area contributed by atoms with Crippen LogP contribution in [0.1, 0.15) is 17.3 Å². The van der Waals surface area contributed by atoms with Crippen molar-refractivity contribution in [3.05, 3.63) is 28.0 Å². The molecule has 86 valence electrons. The van der Waals surface area contributed by atoms with E-state index in [0.29, 0.717) is 10.0 Å². The largest absolute Gasteiger partial charge is 0.409 e. The van der Waals surface area contributed by atoms with E-state index in [9.17, 15) is 13.2 Å². The van der Waals surface area contributed by atoms with E-state index >= 15 is 0 Å². The fourth-order valence-corrected chi connectivity index (χ4v) is 1.12. The van der Waals surface area contributed by atoms with Crippen LogP contribution in [-0.2, 0) is 0 Å². The number of aromatic nitrogens is 1. The summed E-state index contributed by atoms with van der Waals surface area (Å²) < 4.78 is 37.2. The summed E-state index contributed by atoms with van der Waals surface area (Å²) in [7, 11) is 0. The van der Waals surface area contributed by atoms with Gasteiger partial charge in [0.2, 0.25) is 0 Å². The summed E-state index contributed by atoms with van der Waals surface area (Å²) in [5.74, 6) is 0. The lowest BCUT2D eigenvalue weighted by Crippen LogP contribution is -2.29. The number of nitrogens with zero attached hydrogens (tertiary/aromatic N) is 1. The molecule has 2 nitrogen and oxygen atoms in total. The molecule has 2 N–H and O–H groups in total. The summed E-state index contributed by atoms with van der Waals surface area (Å²) in [5.41, 5.74) is 5.50. The van der Waals surface area contributed by atoms with E-state index in [-0.39, 0.29) is 18.1 Å². The number of hydrogen-bond acceptors (Lipinski definition) is 2. The smallest absolute Gasteiger partial charge is 0.315 e. The van der Waals surface area contributed by atoms with Crippen molar-refractivity contribution in [2.24, 2.45) is 5.73 Å². The van der Waals surface area contributed by atoms with Gasteiger partial charge >= 0.3 is 6.18 Å². The van der Waals surface area contributed by atoms with Gasteiger partial charge in [-0.15, -0.1) is 12.4 Å². The third-order valence-electron chi connectivity index (χ3n) is 1.74. The Labute approximate surface area is 99.6 Å². The van der Waals surface area contributed by atoms with E-state index in [2.05, 4.69) is 20.9 Å². The van der Waals surface area contributed by atoms with Crippen LogP contribution in [-0.4, -0.2) is 11.2 Å². The van der Waals surface area contributed by atoms with Crippen LogP contribution in [0.5, 0.6) is 0 Å². The Hall–Kier alpha value is -0.330. The monoisotopic (exact) mass is 304 g/mol. The maximum absolute atomic E-state index is 12.2. The van der Waals surface area contributed by atoms with Crippen LogP contribution in [0, 0.1) is 6.92 Å². The highest BCUT2D eigenvalue weighted by Crippen LogP contribution is 2.30. The third-order valence-corrected chi connectivity index (χ3v) is 2.57. The van der Waals surface area contributed by atoms with Crippen LogP contribution in [0.4, 0.5) is 13.2 Å². The predicted molar refractivity (Wildman–Crippen MR) is 56.9 cm³/mol. The maximum Gasteiger partial charge on any atom is 0.409 e. The van der Waals surface area contributed by atoms with Crippen LogP contribution in [0.15, 0.2) is 16.7 Å². The number of hydrogen-bond donors (Lipinski definition) is 1. The quantitative estimate of drug-likeness (QED) is 0.866. The Morgan fingerprint density at radius 1 is 1.47 bits per heavy atom. The molecule has 0 aliphatic heterocycles. The Bertz CT molecular complexity index is 343. The van der Waals surface area contributed by atoms with E-state index in [4.69, 9.17) is 5.73 Å². The van der Waals surface area contributed by atoms with E-state index in [1.54, 1.807) is 6.92 Å². The Balaban J connectivity index is 0.00000196. The zero-order valence-electron chi connectivity index (χ0n) is 7.68. The average molecular weight is 306 g/mol. The first-order valence-corrected chi connectivity index (χ1v) is 4.56. The molecule has 0 unspecified atom stereocenters. The molecule has 0 radical (unpaired) electrons. The first kappa shape index (κ1) is 14.7. The summed E-state index contributed by atoms with van der Waals surface area (Å²) >= 11 is 3.14. The van der Waals surface area contributed by atoms with Crippen LogP contribution >= 0.6 is 28.3 Å². The molecule has 1 atom stereocenters. The molecule has 15 heavy (non-hydrogen) atoms. The lowest BCUT2D eigenvalue weighted by atomic mass is 10.1. The van der Waals surface area contributed by atoms with E-state index < -0.39 is 12.2 Å². The Kier molecular flexibility index (Phi) is 5.02. The second-order valence-electron chi connectivity index (χ2n) is 2.88. The normalized spacial score (nSPS) is 13.2. The van der Waals surface area contributed by atoms with Crippen molar-refractivity contribution >= 4 is 28.3 Å². The second-order valence-corrected chi connectivity index (χ2v) is 3.73. The molecule has 0 fully saturated rings. The van der Waals surface area contributed by atoms with Crippen molar-refractivity contribution in [1.82, 2.24) is 4.98 Å². The molecule has 0 saturated heterocycles. The van der Waals surface area contributed by atoms with Crippen molar-refractivity contribution in [3.8, 4) is 0 Å². The van der Waals surface area contributed by atoms with E-state index in [1.165, 1.54) is 12.3 Å². The first-order chi connectivity index (χ1) is 6.32. The highest BCUT2D eigenvalue weighted by atomic mass is 79.9. The van der Waals surface area contributed by atoms with Gasteiger partial charge in [-0.05, 0) is 34.5 Å². The van der Waals surface area contributed by atoms with Crippen LogP contribution in [0.3, 0.4) is 0 Å². The molecule has 1 aromatic rings. The number of halogens is 5. The average Bonchev–Trinajstić information content (AvgIpc) is 2.07. The molecule has 1 aromatic heterocycles. The molecule has 0 aliphatic rings. The molecule has 0 amide bonds. The zero-order valence-corrected chi connectivity index (χ0v) is 10.1. The Morgan fingerprint density at radius 2 is 2.00 bits per heavy atom. The summed E-state index contributed by atoms with van der Waals surface area (Å²) in [6.07, 6.45) is -3.14. The lowest BCUT2D eigenvalue weighted by Gasteiger charge is -2.15. The third kappa shape index (κ3) is 3.62. The standard InChI is InChI=1S/C8H8BrF3N2.ClH/c1-4-2-6(14-3-5(4)9)7(13)8(10,11)12;/h2-3,7H,13H2,1H3;1H/t7-;/m1./s1. The van der Waals surface area contributed by atoms with Crippen LogP contribution in [0.2, 0.25) is 0 Å². The number of nitrogens with two attached hydrogens (primary N) is 1. The van der Waals surface area contributed by atoms with Gasteiger partial charge in [0.25, 0.3) is 0 Å². The molecule has 0 aromatic carbocycles. The first-order valence-electron chi connectivity index (χ1n) is 3.76. The van der Waals surface area contributed by atoms with Crippen molar-refractivity contribution in [2.75, 3.05) is 0 Å². The van der Waals surface area contributed by atoms with Gasteiger partial charge in [0.05, 0.1) is 5.69 Å². The van der Waals surface area contributed by atoms with Gasteiger partial charge in [0.15, 0.2) is 0 Å². The summed E-state index contributed by atoms with van der Waals surface area (Å²) in [5, 5.41) is 0. The van der Waals surface area contributed by atoms with Gasteiger partial charge < -0.3 is 5.73 Å². The summed E-state index contributed by atoms with van der Waals surface area (Å²) in [4.78, 5) is 3.61. The summed E-state index contributed by atoms with van der Waals surface area (Å²) in [6.45, 7) is 1.68. The molecule has 0 saturated carbocycles. The van der Waals surface area contributed by atoms with Gasteiger partial charge in [-0.25, -0.2) is 0 Å². The van der Waals surface area contributed by atoms with Crippen molar-refractivity contribution in [1.29, 1.82) is 0 Å². The van der Waals surface area contributed by atoms with E-state index in [1.807, 2.05) is 0 Å². The minimum Gasteiger partial charge on any atom is -0.315 e. The number of alkyl halides is 3. The fraction of sp³-hybridized carbons (Fsp3) is 0.375. The molecule has 1 heterocycles. The maximum atomic E-state index is 12.2. The van der Waals surface area contributed by atoms with Crippen molar-refractivity contribution in [2.45, 2.75) is 19.1 Å². The van der Waals surface area contributed by atoms with Crippen LogP contribution < -0.4 is 5.73 Å². The van der Waals surface area contributed by atoms with Gasteiger partial charge in [0, 0.05) is 10.7 Å². The highest BCUT2D eigenvalue weighted by molar-refractivity contribution is 9.10. The number of pyridine rings is 1. The zero-order chi connectivity index (χ0) is 10.9. The van der Waals surface area contributed by atoms with E-state index in [0.717, 1.165) is 0 Å². The molecule has 0 bridgehead atoms. The molecule has 0 aliphatic carbocycles. The molecule has 7 heteroatoms. The van der Waals surface area contributed by atoms with Gasteiger partial charge in [-0.2, -0.15) is 13.2 Å². The lowest BCUT2D eigenvalue weighted by molar-refractivity contribution is -0.150. The number of rotatable bonds is 1. The molecular weight excluding hydrogens is 296 g/mol. The second kappa shape index (κ2) is 5.14. The van der Waals surface area contributed by atoms with Crippen molar-refractivity contribution < 1.29 is 13.2 Å². The summed E-state index contributed by atoms with van der Waals surface area (Å²) in [6, 6.07) is -0.698. The van der Waals surface area contributed by atoms with Gasteiger partial charge in [-0.1, -0.05) is 0 Å². The van der Waals surface area contributed by atoms with Crippen molar-refractivity contribution in [3.63, 3.8) is 0 Å². The fourth-order valence-electron chi connectivity index (χ4n) is 0.899.